The van der Waals surface area contributed by atoms with Crippen LogP contribution in [0.25, 0.3) is 0 Å². The van der Waals surface area contributed by atoms with Gasteiger partial charge in [-0.25, -0.2) is 9.37 Å². The smallest absolute Gasteiger partial charge is 0.272 e. The molecule has 0 fully saturated rings. The van der Waals surface area contributed by atoms with Gasteiger partial charge in [-0.15, -0.1) is 0 Å². The van der Waals surface area contributed by atoms with E-state index in [0.29, 0.717) is 0 Å². The lowest BCUT2D eigenvalue weighted by Crippen LogP contribution is -1.93. The van der Waals surface area contributed by atoms with E-state index >= 15 is 0 Å². The second kappa shape index (κ2) is 5.09. The molecule has 1 aromatic carbocycles. The van der Waals surface area contributed by atoms with Crippen molar-refractivity contribution < 1.29 is 14.1 Å². The molecule has 0 atom stereocenters. The highest BCUT2D eigenvalue weighted by Crippen LogP contribution is 2.26. The Kier molecular flexibility index (Phi) is 3.52. The Labute approximate surface area is 110 Å². The summed E-state index contributed by atoms with van der Waals surface area (Å²) in [5.41, 5.74) is -0.330. The molecule has 0 unspecified atom stereocenters. The van der Waals surface area contributed by atoms with Crippen LogP contribution in [-0.2, 0) is 0 Å². The summed E-state index contributed by atoms with van der Waals surface area (Å²) in [6, 6.07) is 6.39. The predicted octanol–water partition coefficient (Wildman–Crippen LogP) is 3.68. The lowest BCUT2D eigenvalue weighted by molar-refractivity contribution is -0.385. The Bertz CT molecular complexity index is 589. The van der Waals surface area contributed by atoms with Crippen LogP contribution in [0.2, 0.25) is 0 Å². The van der Waals surface area contributed by atoms with E-state index < -0.39 is 10.7 Å². The average Bonchev–Trinajstić information content (AvgIpc) is 2.34. The lowest BCUT2D eigenvalue weighted by Gasteiger charge is -2.05. The standard InChI is InChI=1S/C11H6BrFN2O3/c12-7-1-4-11(14-6-7)18-10-3-2-8(15(16)17)5-9(10)13/h1-6H. The zero-order valence-electron chi connectivity index (χ0n) is 8.84. The van der Waals surface area contributed by atoms with Crippen molar-refractivity contribution in [3.63, 3.8) is 0 Å². The Morgan fingerprint density at radius 2 is 2.11 bits per heavy atom. The maximum atomic E-state index is 13.5. The Morgan fingerprint density at radius 1 is 1.33 bits per heavy atom. The van der Waals surface area contributed by atoms with Crippen molar-refractivity contribution in [2.75, 3.05) is 0 Å². The van der Waals surface area contributed by atoms with Gasteiger partial charge in [0.25, 0.3) is 5.69 Å². The Hall–Kier alpha value is -2.02. The van der Waals surface area contributed by atoms with Gasteiger partial charge in [-0.3, -0.25) is 10.1 Å². The molecule has 0 N–H and O–H groups in total. The third-order valence-corrected chi connectivity index (χ3v) is 2.51. The van der Waals surface area contributed by atoms with E-state index in [1.807, 2.05) is 0 Å². The third kappa shape index (κ3) is 2.80. The summed E-state index contributed by atoms with van der Waals surface area (Å²) in [4.78, 5) is 13.7. The number of pyridine rings is 1. The number of aromatic nitrogens is 1. The number of nitro benzene ring substituents is 1. The Morgan fingerprint density at radius 3 is 2.67 bits per heavy atom. The van der Waals surface area contributed by atoms with Gasteiger partial charge >= 0.3 is 0 Å². The topological polar surface area (TPSA) is 65.3 Å². The van der Waals surface area contributed by atoms with Gasteiger partial charge in [0.1, 0.15) is 0 Å². The molecule has 0 bridgehead atoms. The second-order valence-electron chi connectivity index (χ2n) is 3.29. The molecule has 0 aliphatic carbocycles. The minimum absolute atomic E-state index is 0.115. The van der Waals surface area contributed by atoms with Crippen LogP contribution >= 0.6 is 15.9 Å². The highest BCUT2D eigenvalue weighted by atomic mass is 79.9. The van der Waals surface area contributed by atoms with Crippen LogP contribution in [0, 0.1) is 15.9 Å². The SMILES string of the molecule is O=[N+]([O-])c1ccc(Oc2ccc(Br)cn2)c(F)c1. The second-order valence-corrected chi connectivity index (χ2v) is 4.20. The van der Waals surface area contributed by atoms with Crippen molar-refractivity contribution in [3.05, 3.63) is 56.9 Å². The number of ether oxygens (including phenoxy) is 1. The van der Waals surface area contributed by atoms with Gasteiger partial charge in [-0.1, -0.05) is 0 Å². The molecule has 0 radical (unpaired) electrons. The van der Waals surface area contributed by atoms with E-state index in [2.05, 4.69) is 20.9 Å². The van der Waals surface area contributed by atoms with Crippen LogP contribution in [0.3, 0.4) is 0 Å². The molecular formula is C11H6BrFN2O3. The van der Waals surface area contributed by atoms with E-state index in [4.69, 9.17) is 4.74 Å². The first kappa shape index (κ1) is 12.4. The molecular weight excluding hydrogens is 307 g/mol. The van der Waals surface area contributed by atoms with Gasteiger partial charge < -0.3 is 4.74 Å². The quantitative estimate of drug-likeness (QED) is 0.640. The van der Waals surface area contributed by atoms with E-state index in [9.17, 15) is 14.5 Å². The fraction of sp³-hybridized carbons (Fsp3) is 0. The fourth-order valence-electron chi connectivity index (χ4n) is 1.22. The van der Waals surface area contributed by atoms with Gasteiger partial charge in [0.05, 0.1) is 11.0 Å². The minimum atomic E-state index is -0.811. The summed E-state index contributed by atoms with van der Waals surface area (Å²) < 4.78 is 19.4. The molecule has 7 heteroatoms. The van der Waals surface area contributed by atoms with Crippen LogP contribution in [0.5, 0.6) is 11.6 Å². The number of nitro groups is 1. The minimum Gasteiger partial charge on any atom is -0.436 e. The number of nitrogens with zero attached hydrogens (tertiary/aromatic N) is 2. The maximum Gasteiger partial charge on any atom is 0.272 e. The third-order valence-electron chi connectivity index (χ3n) is 2.04. The van der Waals surface area contributed by atoms with Crippen molar-refractivity contribution in [2.45, 2.75) is 0 Å². The molecule has 0 saturated heterocycles. The van der Waals surface area contributed by atoms with Crippen molar-refractivity contribution in [2.24, 2.45) is 0 Å². The van der Waals surface area contributed by atoms with Crippen molar-refractivity contribution >= 4 is 21.6 Å². The Balaban J connectivity index is 2.24. The molecule has 1 heterocycles. The van der Waals surface area contributed by atoms with Crippen LogP contribution < -0.4 is 4.74 Å². The van der Waals surface area contributed by atoms with Gasteiger partial charge in [0, 0.05) is 22.8 Å². The zero-order valence-corrected chi connectivity index (χ0v) is 10.4. The number of non-ortho nitro benzene ring substituents is 1. The van der Waals surface area contributed by atoms with Crippen LogP contribution in [-0.4, -0.2) is 9.91 Å². The molecule has 0 aliphatic rings. The number of hydrogen-bond acceptors (Lipinski definition) is 4. The van der Waals surface area contributed by atoms with Crippen molar-refractivity contribution in [1.29, 1.82) is 0 Å². The largest absolute Gasteiger partial charge is 0.436 e. The molecule has 0 amide bonds. The van der Waals surface area contributed by atoms with E-state index in [1.165, 1.54) is 12.3 Å². The summed E-state index contributed by atoms with van der Waals surface area (Å²) in [5.74, 6) is -0.727. The maximum absolute atomic E-state index is 13.5. The average molecular weight is 313 g/mol. The summed E-state index contributed by atoms with van der Waals surface area (Å²) in [6.07, 6.45) is 1.50. The number of halogens is 2. The van der Waals surface area contributed by atoms with Gasteiger partial charge in [0.15, 0.2) is 11.6 Å². The summed E-state index contributed by atoms with van der Waals surface area (Å²) in [5, 5.41) is 10.4. The molecule has 0 saturated carbocycles. The van der Waals surface area contributed by atoms with E-state index in [1.54, 1.807) is 12.1 Å². The van der Waals surface area contributed by atoms with Crippen LogP contribution in [0.1, 0.15) is 0 Å². The predicted molar refractivity (Wildman–Crippen MR) is 65.1 cm³/mol. The normalized spacial score (nSPS) is 10.1. The fourth-order valence-corrected chi connectivity index (χ4v) is 1.46. The highest BCUT2D eigenvalue weighted by molar-refractivity contribution is 9.10. The molecule has 2 rings (SSSR count). The monoisotopic (exact) mass is 312 g/mol. The highest BCUT2D eigenvalue weighted by Gasteiger charge is 2.12. The number of benzene rings is 1. The molecule has 0 aliphatic heterocycles. The number of hydrogen-bond donors (Lipinski definition) is 0. The summed E-state index contributed by atoms with van der Waals surface area (Å²) >= 11 is 3.20. The van der Waals surface area contributed by atoms with Gasteiger partial charge in [0.2, 0.25) is 5.88 Å². The molecule has 18 heavy (non-hydrogen) atoms. The summed E-state index contributed by atoms with van der Waals surface area (Å²) in [6.45, 7) is 0. The molecule has 1 aromatic heterocycles. The van der Waals surface area contributed by atoms with Gasteiger partial charge in [-0.2, -0.15) is 0 Å². The zero-order chi connectivity index (χ0) is 13.1. The lowest BCUT2D eigenvalue weighted by atomic mass is 10.3. The molecule has 2 aromatic rings. The van der Waals surface area contributed by atoms with E-state index in [-0.39, 0.29) is 17.3 Å². The first-order valence-electron chi connectivity index (χ1n) is 4.79. The van der Waals surface area contributed by atoms with Crippen molar-refractivity contribution in [1.82, 2.24) is 4.98 Å². The molecule has 92 valence electrons. The number of rotatable bonds is 3. The van der Waals surface area contributed by atoms with Crippen LogP contribution in [0.4, 0.5) is 10.1 Å². The van der Waals surface area contributed by atoms with Gasteiger partial charge in [-0.05, 0) is 28.1 Å². The van der Waals surface area contributed by atoms with Crippen LogP contribution in [0.15, 0.2) is 41.0 Å². The summed E-state index contributed by atoms with van der Waals surface area (Å²) in [7, 11) is 0. The molecule has 5 nitrogen and oxygen atoms in total. The van der Waals surface area contributed by atoms with E-state index in [0.717, 1.165) is 16.6 Å². The molecule has 0 spiro atoms. The first-order valence-corrected chi connectivity index (χ1v) is 5.59. The first-order chi connectivity index (χ1) is 8.56. The van der Waals surface area contributed by atoms with Crippen molar-refractivity contribution in [3.8, 4) is 11.6 Å².